The van der Waals surface area contributed by atoms with E-state index in [9.17, 15) is 4.79 Å². The Hall–Kier alpha value is -1.51. The van der Waals surface area contributed by atoms with E-state index < -0.39 is 0 Å². The largest absolute Gasteiger partial charge is 0.371 e. The van der Waals surface area contributed by atoms with Gasteiger partial charge in [0.1, 0.15) is 6.10 Å². The van der Waals surface area contributed by atoms with Crippen LogP contribution in [0.5, 0.6) is 0 Å². The number of carbonyl (C=O) groups excluding carboxylic acids is 1. The summed E-state index contributed by atoms with van der Waals surface area (Å²) in [6.07, 6.45) is 2.97. The molecule has 2 saturated heterocycles. The topological polar surface area (TPSA) is 83.7 Å². The summed E-state index contributed by atoms with van der Waals surface area (Å²) in [7, 11) is 0. The lowest BCUT2D eigenvalue weighted by molar-refractivity contribution is -0.134. The number of piperidine rings is 1. The lowest BCUT2D eigenvalue weighted by Crippen LogP contribution is -2.49. The fourth-order valence-corrected chi connectivity index (χ4v) is 4.10. The Morgan fingerprint density at radius 3 is 2.79 bits per heavy atom. The van der Waals surface area contributed by atoms with E-state index >= 15 is 0 Å². The van der Waals surface area contributed by atoms with Crippen LogP contribution in [-0.4, -0.2) is 71.7 Å². The highest BCUT2D eigenvalue weighted by Gasteiger charge is 2.27. The number of rotatable bonds is 8. The van der Waals surface area contributed by atoms with Gasteiger partial charge in [-0.1, -0.05) is 12.1 Å². The third-order valence-corrected chi connectivity index (χ3v) is 5.98. The Morgan fingerprint density at radius 2 is 2.11 bits per heavy atom. The van der Waals surface area contributed by atoms with E-state index in [1.54, 1.807) is 0 Å². The summed E-state index contributed by atoms with van der Waals surface area (Å²) in [5.41, 5.74) is 0. The van der Waals surface area contributed by atoms with Crippen LogP contribution in [0, 0.1) is 11.8 Å². The van der Waals surface area contributed by atoms with E-state index in [2.05, 4.69) is 27.3 Å². The quantitative estimate of drug-likeness (QED) is 0.721. The molecule has 3 atom stereocenters. The Bertz CT molecular complexity index is 609. The number of nitrogens with one attached hydrogen (secondary N) is 1. The van der Waals surface area contributed by atoms with Crippen molar-refractivity contribution in [2.45, 2.75) is 52.7 Å². The molecule has 0 spiro atoms. The van der Waals surface area contributed by atoms with Crippen molar-refractivity contribution in [3.8, 4) is 0 Å². The first-order chi connectivity index (χ1) is 13.6. The number of hydrogen-bond acceptors (Lipinski definition) is 7. The molecule has 0 bridgehead atoms. The molecule has 2 aliphatic rings. The van der Waals surface area contributed by atoms with Gasteiger partial charge in [0, 0.05) is 39.2 Å². The SMILES string of the molecule is CCOC(C)c1noc(CN2CCN(C(=O)CC(C)C3CCCNC3)CC2)n1. The van der Waals surface area contributed by atoms with E-state index in [1.807, 2.05) is 18.7 Å². The molecule has 3 unspecified atom stereocenters. The number of piperazine rings is 1. The zero-order valence-corrected chi connectivity index (χ0v) is 17.5. The number of hydrogen-bond donors (Lipinski definition) is 1. The van der Waals surface area contributed by atoms with Crippen LogP contribution in [0.15, 0.2) is 4.52 Å². The van der Waals surface area contributed by atoms with E-state index in [-0.39, 0.29) is 6.10 Å². The highest BCUT2D eigenvalue weighted by atomic mass is 16.5. The van der Waals surface area contributed by atoms with Gasteiger partial charge in [0.05, 0.1) is 6.54 Å². The second-order valence-electron chi connectivity index (χ2n) is 8.09. The molecule has 0 saturated carbocycles. The minimum absolute atomic E-state index is 0.154. The maximum Gasteiger partial charge on any atom is 0.240 e. The van der Waals surface area contributed by atoms with E-state index in [1.165, 1.54) is 12.8 Å². The van der Waals surface area contributed by atoms with E-state index in [0.717, 1.165) is 39.3 Å². The predicted molar refractivity (Wildman–Crippen MR) is 106 cm³/mol. The third-order valence-electron chi connectivity index (χ3n) is 5.98. The van der Waals surface area contributed by atoms with Crippen LogP contribution in [0.2, 0.25) is 0 Å². The number of amides is 1. The van der Waals surface area contributed by atoms with Crippen molar-refractivity contribution in [3.05, 3.63) is 11.7 Å². The zero-order valence-electron chi connectivity index (χ0n) is 17.5. The molecule has 1 amide bonds. The highest BCUT2D eigenvalue weighted by molar-refractivity contribution is 5.76. The molecule has 158 valence electrons. The Morgan fingerprint density at radius 1 is 1.32 bits per heavy atom. The third kappa shape index (κ3) is 5.75. The lowest BCUT2D eigenvalue weighted by atomic mass is 9.85. The van der Waals surface area contributed by atoms with Crippen LogP contribution in [0.25, 0.3) is 0 Å². The molecule has 8 heteroatoms. The van der Waals surface area contributed by atoms with Crippen molar-refractivity contribution in [2.75, 3.05) is 45.9 Å². The first-order valence-electron chi connectivity index (χ1n) is 10.7. The second kappa shape index (κ2) is 10.3. The monoisotopic (exact) mass is 393 g/mol. The lowest BCUT2D eigenvalue weighted by Gasteiger charge is -2.35. The first kappa shape index (κ1) is 21.2. The molecule has 1 aromatic rings. The maximum absolute atomic E-state index is 12.7. The number of nitrogens with zero attached hydrogens (tertiary/aromatic N) is 4. The zero-order chi connectivity index (χ0) is 19.9. The summed E-state index contributed by atoms with van der Waals surface area (Å²) in [4.78, 5) is 21.4. The van der Waals surface area contributed by atoms with Crippen molar-refractivity contribution >= 4 is 5.91 Å². The normalized spacial score (nSPS) is 23.5. The molecule has 1 N–H and O–H groups in total. The van der Waals surface area contributed by atoms with E-state index in [4.69, 9.17) is 9.26 Å². The Labute approximate surface area is 168 Å². The first-order valence-corrected chi connectivity index (χ1v) is 10.7. The van der Waals surface area contributed by atoms with Gasteiger partial charge in [-0.05, 0) is 51.6 Å². The predicted octanol–water partition coefficient (Wildman–Crippen LogP) is 1.84. The fourth-order valence-electron chi connectivity index (χ4n) is 4.10. The summed E-state index contributed by atoms with van der Waals surface area (Å²) < 4.78 is 10.9. The average Bonchev–Trinajstić information content (AvgIpc) is 3.18. The smallest absolute Gasteiger partial charge is 0.240 e. The molecule has 8 nitrogen and oxygen atoms in total. The molecular weight excluding hydrogens is 358 g/mol. The number of carbonyl (C=O) groups is 1. The van der Waals surface area contributed by atoms with Gasteiger partial charge in [0.25, 0.3) is 0 Å². The Balaban J connectivity index is 1.41. The summed E-state index contributed by atoms with van der Waals surface area (Å²) in [6, 6.07) is 0. The molecule has 2 fully saturated rings. The van der Waals surface area contributed by atoms with E-state index in [0.29, 0.717) is 49.0 Å². The molecule has 0 radical (unpaired) electrons. The minimum atomic E-state index is -0.154. The van der Waals surface area contributed by atoms with Gasteiger partial charge in [-0.15, -0.1) is 0 Å². The minimum Gasteiger partial charge on any atom is -0.371 e. The molecule has 2 aliphatic heterocycles. The van der Waals surface area contributed by atoms with Gasteiger partial charge in [-0.2, -0.15) is 4.98 Å². The summed E-state index contributed by atoms with van der Waals surface area (Å²) in [6.45, 7) is 12.7. The van der Waals surface area contributed by atoms with Gasteiger partial charge in [-0.3, -0.25) is 9.69 Å². The molecule has 3 heterocycles. The van der Waals surface area contributed by atoms with Crippen LogP contribution < -0.4 is 5.32 Å². The number of ether oxygens (including phenoxy) is 1. The van der Waals surface area contributed by atoms with Gasteiger partial charge in [-0.25, -0.2) is 0 Å². The molecule has 28 heavy (non-hydrogen) atoms. The second-order valence-corrected chi connectivity index (χ2v) is 8.09. The average molecular weight is 394 g/mol. The standard InChI is InChI=1S/C20H35N5O3/c1-4-27-16(3)20-22-18(28-23-20)14-24-8-10-25(11-9-24)19(26)12-15(2)17-6-5-7-21-13-17/h15-17,21H,4-14H2,1-3H3. The van der Waals surface area contributed by atoms with Crippen molar-refractivity contribution < 1.29 is 14.1 Å². The van der Waals surface area contributed by atoms with Gasteiger partial charge < -0.3 is 19.5 Å². The van der Waals surface area contributed by atoms with Crippen molar-refractivity contribution in [1.82, 2.24) is 25.3 Å². The number of aromatic nitrogens is 2. The van der Waals surface area contributed by atoms with Gasteiger partial charge in [0.15, 0.2) is 5.82 Å². The van der Waals surface area contributed by atoms with Crippen LogP contribution in [0.4, 0.5) is 0 Å². The van der Waals surface area contributed by atoms with Crippen molar-refractivity contribution in [1.29, 1.82) is 0 Å². The molecule has 1 aromatic heterocycles. The fraction of sp³-hybridized carbons (Fsp3) is 0.850. The molecule has 0 aromatic carbocycles. The maximum atomic E-state index is 12.7. The van der Waals surface area contributed by atoms with Crippen LogP contribution in [0.1, 0.15) is 57.9 Å². The Kier molecular flexibility index (Phi) is 7.82. The van der Waals surface area contributed by atoms with Crippen LogP contribution in [-0.2, 0) is 16.1 Å². The van der Waals surface area contributed by atoms with Gasteiger partial charge >= 0.3 is 0 Å². The summed E-state index contributed by atoms with van der Waals surface area (Å²) >= 11 is 0. The summed E-state index contributed by atoms with van der Waals surface area (Å²) in [5, 5.41) is 7.47. The summed E-state index contributed by atoms with van der Waals surface area (Å²) in [5.74, 6) is 2.58. The van der Waals surface area contributed by atoms with Crippen LogP contribution in [0.3, 0.4) is 0 Å². The van der Waals surface area contributed by atoms with Crippen molar-refractivity contribution in [3.63, 3.8) is 0 Å². The van der Waals surface area contributed by atoms with Crippen LogP contribution >= 0.6 is 0 Å². The highest BCUT2D eigenvalue weighted by Crippen LogP contribution is 2.23. The molecule has 0 aliphatic carbocycles. The van der Waals surface area contributed by atoms with Crippen molar-refractivity contribution in [2.24, 2.45) is 11.8 Å². The molecule has 3 rings (SSSR count). The molecular formula is C20H35N5O3. The van der Waals surface area contributed by atoms with Gasteiger partial charge in [0.2, 0.25) is 11.8 Å².